The van der Waals surface area contributed by atoms with Crippen molar-refractivity contribution in [1.29, 1.82) is 0 Å². The van der Waals surface area contributed by atoms with Crippen molar-refractivity contribution in [3.63, 3.8) is 0 Å². The molecule has 1 aliphatic heterocycles. The lowest BCUT2D eigenvalue weighted by Crippen LogP contribution is -2.40. The summed E-state index contributed by atoms with van der Waals surface area (Å²) in [6.45, 7) is 2.99. The van der Waals surface area contributed by atoms with Crippen LogP contribution in [0, 0.1) is 0 Å². The zero-order valence-corrected chi connectivity index (χ0v) is 12.4. The highest BCUT2D eigenvalue weighted by Crippen LogP contribution is 2.31. The molecule has 2 heterocycles. The van der Waals surface area contributed by atoms with Gasteiger partial charge in [0.2, 0.25) is 0 Å². The molecule has 0 aromatic carbocycles. The number of aromatic nitrogens is 2. The van der Waals surface area contributed by atoms with Crippen LogP contribution >= 0.6 is 0 Å². The molecule has 2 rings (SSSR count). The van der Waals surface area contributed by atoms with Crippen molar-refractivity contribution in [1.82, 2.24) is 14.7 Å². The van der Waals surface area contributed by atoms with Gasteiger partial charge in [0.15, 0.2) is 0 Å². The van der Waals surface area contributed by atoms with Crippen LogP contribution in [-0.2, 0) is 16.5 Å². The number of carbonyl (C=O) groups is 1. The SMILES string of the molecule is COCC(C)OC(=O)N1CCCCC1c1cnn(C)c1. The number of rotatable bonds is 4. The van der Waals surface area contributed by atoms with Gasteiger partial charge in [0.1, 0.15) is 6.10 Å². The Balaban J connectivity index is 2.05. The fourth-order valence-electron chi connectivity index (χ4n) is 2.62. The number of piperidine rings is 1. The Morgan fingerprint density at radius 3 is 3.00 bits per heavy atom. The van der Waals surface area contributed by atoms with E-state index in [4.69, 9.17) is 9.47 Å². The lowest BCUT2D eigenvalue weighted by atomic mass is 9.98. The highest BCUT2D eigenvalue weighted by Gasteiger charge is 2.30. The van der Waals surface area contributed by atoms with Gasteiger partial charge in [-0.05, 0) is 26.2 Å². The molecule has 0 radical (unpaired) electrons. The average Bonchev–Trinajstić information content (AvgIpc) is 2.85. The van der Waals surface area contributed by atoms with E-state index >= 15 is 0 Å². The number of hydrogen-bond donors (Lipinski definition) is 0. The smallest absolute Gasteiger partial charge is 0.410 e. The predicted molar refractivity (Wildman–Crippen MR) is 74.3 cm³/mol. The van der Waals surface area contributed by atoms with Crippen LogP contribution in [0.4, 0.5) is 4.79 Å². The highest BCUT2D eigenvalue weighted by molar-refractivity contribution is 5.68. The van der Waals surface area contributed by atoms with Gasteiger partial charge in [-0.2, -0.15) is 5.10 Å². The molecule has 0 saturated carbocycles. The maximum absolute atomic E-state index is 12.3. The zero-order chi connectivity index (χ0) is 14.5. The Kier molecular flexibility index (Phi) is 5.00. The summed E-state index contributed by atoms with van der Waals surface area (Å²) in [5.41, 5.74) is 1.07. The molecular formula is C14H23N3O3. The second-order valence-electron chi connectivity index (χ2n) is 5.30. The van der Waals surface area contributed by atoms with Gasteiger partial charge in [0.05, 0.1) is 18.8 Å². The first-order chi connectivity index (χ1) is 9.61. The summed E-state index contributed by atoms with van der Waals surface area (Å²) in [6, 6.07) is 0.0692. The number of ether oxygens (including phenoxy) is 2. The number of likely N-dealkylation sites (tertiary alicyclic amines) is 1. The van der Waals surface area contributed by atoms with Crippen LogP contribution in [0.15, 0.2) is 12.4 Å². The first-order valence-corrected chi connectivity index (χ1v) is 7.06. The number of nitrogens with zero attached hydrogens (tertiary/aromatic N) is 3. The third kappa shape index (κ3) is 3.50. The molecule has 0 bridgehead atoms. The van der Waals surface area contributed by atoms with E-state index < -0.39 is 0 Å². The highest BCUT2D eigenvalue weighted by atomic mass is 16.6. The van der Waals surface area contributed by atoms with Gasteiger partial charge >= 0.3 is 6.09 Å². The summed E-state index contributed by atoms with van der Waals surface area (Å²) in [6.07, 6.45) is 6.40. The molecule has 6 nitrogen and oxygen atoms in total. The molecule has 112 valence electrons. The van der Waals surface area contributed by atoms with E-state index in [2.05, 4.69) is 5.10 Å². The van der Waals surface area contributed by atoms with E-state index in [1.165, 1.54) is 0 Å². The minimum Gasteiger partial charge on any atom is -0.444 e. The molecule has 1 aliphatic rings. The van der Waals surface area contributed by atoms with Crippen LogP contribution in [0.25, 0.3) is 0 Å². The number of amides is 1. The minimum atomic E-state index is -0.261. The molecule has 1 saturated heterocycles. The van der Waals surface area contributed by atoms with E-state index in [1.54, 1.807) is 11.8 Å². The predicted octanol–water partition coefficient (Wildman–Crippen LogP) is 2.12. The van der Waals surface area contributed by atoms with Gasteiger partial charge in [-0.25, -0.2) is 4.79 Å². The van der Waals surface area contributed by atoms with E-state index in [9.17, 15) is 4.79 Å². The van der Waals surface area contributed by atoms with Gasteiger partial charge in [-0.15, -0.1) is 0 Å². The normalized spacial score (nSPS) is 20.8. The Bertz CT molecular complexity index is 447. The van der Waals surface area contributed by atoms with Gasteiger partial charge in [0, 0.05) is 32.5 Å². The molecule has 6 heteroatoms. The van der Waals surface area contributed by atoms with Crippen molar-refractivity contribution in [2.75, 3.05) is 20.3 Å². The maximum Gasteiger partial charge on any atom is 0.410 e. The molecule has 1 fully saturated rings. The summed E-state index contributed by atoms with van der Waals surface area (Å²) in [4.78, 5) is 14.1. The minimum absolute atomic E-state index is 0.0692. The maximum atomic E-state index is 12.3. The van der Waals surface area contributed by atoms with Crippen molar-refractivity contribution in [2.24, 2.45) is 7.05 Å². The van der Waals surface area contributed by atoms with Gasteiger partial charge in [-0.3, -0.25) is 4.68 Å². The molecule has 2 unspecified atom stereocenters. The second kappa shape index (κ2) is 6.74. The van der Waals surface area contributed by atoms with E-state index in [1.807, 2.05) is 31.3 Å². The van der Waals surface area contributed by atoms with Gasteiger partial charge in [-0.1, -0.05) is 0 Å². The van der Waals surface area contributed by atoms with Crippen LogP contribution in [0.1, 0.15) is 37.8 Å². The number of hydrogen-bond acceptors (Lipinski definition) is 4. The molecule has 1 aromatic heterocycles. The summed E-state index contributed by atoms with van der Waals surface area (Å²) < 4.78 is 12.2. The van der Waals surface area contributed by atoms with Crippen molar-refractivity contribution >= 4 is 6.09 Å². The molecule has 0 N–H and O–H groups in total. The average molecular weight is 281 g/mol. The Morgan fingerprint density at radius 2 is 2.35 bits per heavy atom. The van der Waals surface area contributed by atoms with Crippen LogP contribution in [0.2, 0.25) is 0 Å². The lowest BCUT2D eigenvalue weighted by molar-refractivity contribution is 0.0154. The monoisotopic (exact) mass is 281 g/mol. The summed E-state index contributed by atoms with van der Waals surface area (Å²) in [7, 11) is 3.49. The van der Waals surface area contributed by atoms with E-state index in [0.29, 0.717) is 6.61 Å². The number of aryl methyl sites for hydroxylation is 1. The zero-order valence-electron chi connectivity index (χ0n) is 12.4. The summed E-state index contributed by atoms with van der Waals surface area (Å²) in [5.74, 6) is 0. The van der Waals surface area contributed by atoms with Crippen LogP contribution < -0.4 is 0 Å². The largest absolute Gasteiger partial charge is 0.444 e. The number of carbonyl (C=O) groups excluding carboxylic acids is 1. The fraction of sp³-hybridized carbons (Fsp3) is 0.714. The molecule has 20 heavy (non-hydrogen) atoms. The molecule has 0 spiro atoms. The molecule has 1 aromatic rings. The van der Waals surface area contributed by atoms with Crippen molar-refractivity contribution < 1.29 is 14.3 Å². The van der Waals surface area contributed by atoms with Gasteiger partial charge < -0.3 is 14.4 Å². The van der Waals surface area contributed by atoms with Crippen molar-refractivity contribution in [3.8, 4) is 0 Å². The van der Waals surface area contributed by atoms with Crippen molar-refractivity contribution in [3.05, 3.63) is 18.0 Å². The van der Waals surface area contributed by atoms with Gasteiger partial charge in [0.25, 0.3) is 0 Å². The van der Waals surface area contributed by atoms with E-state index in [-0.39, 0.29) is 18.2 Å². The van der Waals surface area contributed by atoms with Crippen LogP contribution in [-0.4, -0.2) is 47.1 Å². The summed E-state index contributed by atoms with van der Waals surface area (Å²) >= 11 is 0. The Hall–Kier alpha value is -1.56. The molecular weight excluding hydrogens is 258 g/mol. The quantitative estimate of drug-likeness (QED) is 0.848. The van der Waals surface area contributed by atoms with E-state index in [0.717, 1.165) is 31.4 Å². The number of methoxy groups -OCH3 is 1. The molecule has 0 aliphatic carbocycles. The van der Waals surface area contributed by atoms with Crippen molar-refractivity contribution in [2.45, 2.75) is 38.3 Å². The van der Waals surface area contributed by atoms with Crippen LogP contribution in [0.5, 0.6) is 0 Å². The lowest BCUT2D eigenvalue weighted by Gasteiger charge is -2.35. The topological polar surface area (TPSA) is 56.6 Å². The summed E-state index contributed by atoms with van der Waals surface area (Å²) in [5, 5.41) is 4.19. The fourth-order valence-corrected chi connectivity index (χ4v) is 2.62. The standard InChI is InChI=1S/C14H23N3O3/c1-11(10-19-3)20-14(18)17-7-5-4-6-13(17)12-8-15-16(2)9-12/h8-9,11,13H,4-7,10H2,1-3H3. The van der Waals surface area contributed by atoms with Crippen LogP contribution in [0.3, 0.4) is 0 Å². The first kappa shape index (κ1) is 14.8. The molecule has 1 amide bonds. The third-order valence-electron chi connectivity index (χ3n) is 3.55. The Labute approximate surface area is 119 Å². The second-order valence-corrected chi connectivity index (χ2v) is 5.30. The Morgan fingerprint density at radius 1 is 1.55 bits per heavy atom. The third-order valence-corrected chi connectivity index (χ3v) is 3.55. The molecule has 2 atom stereocenters. The first-order valence-electron chi connectivity index (χ1n) is 7.06.